The molecule has 1 aromatic carbocycles. The van der Waals surface area contributed by atoms with Crippen molar-refractivity contribution < 1.29 is 4.79 Å². The molecule has 1 fully saturated rings. The smallest absolute Gasteiger partial charge is 0.265 e. The summed E-state index contributed by atoms with van der Waals surface area (Å²) < 4.78 is 3.44. The molecule has 156 valence electrons. The van der Waals surface area contributed by atoms with Gasteiger partial charge < -0.3 is 4.90 Å². The number of hydrogen-bond donors (Lipinski definition) is 0. The van der Waals surface area contributed by atoms with E-state index in [1.54, 1.807) is 27.2 Å². The third kappa shape index (κ3) is 3.23. The average Bonchev–Trinajstić information content (AvgIpc) is 3.36. The topological polar surface area (TPSA) is 73.0 Å². The number of amides is 1. The zero-order chi connectivity index (χ0) is 20.8. The van der Waals surface area contributed by atoms with Gasteiger partial charge in [-0.15, -0.1) is 0 Å². The van der Waals surface area contributed by atoms with Gasteiger partial charge in [0.1, 0.15) is 5.39 Å². The first kappa shape index (κ1) is 19.4. The Balaban J connectivity index is 1.49. The number of benzene rings is 1. The number of hydrogen-bond acceptors (Lipinski definition) is 5. The van der Waals surface area contributed by atoms with Gasteiger partial charge in [0.05, 0.1) is 17.9 Å². The second-order valence-electron chi connectivity index (χ2n) is 8.24. The van der Waals surface area contributed by atoms with Crippen molar-refractivity contribution in [1.82, 2.24) is 24.2 Å². The molecule has 7 nitrogen and oxygen atoms in total. The van der Waals surface area contributed by atoms with Crippen LogP contribution in [0.15, 0.2) is 34.3 Å². The van der Waals surface area contributed by atoms with Crippen molar-refractivity contribution in [2.75, 3.05) is 18.8 Å². The number of piperidine rings is 1. The highest BCUT2D eigenvalue weighted by atomic mass is 32.2. The highest BCUT2D eigenvalue weighted by Crippen LogP contribution is 2.34. The summed E-state index contributed by atoms with van der Waals surface area (Å²) >= 11 is 1.55. The molecule has 1 atom stereocenters. The maximum absolute atomic E-state index is 13.3. The molecule has 0 aliphatic carbocycles. The van der Waals surface area contributed by atoms with Gasteiger partial charge in [-0.25, -0.2) is 9.67 Å². The number of likely N-dealkylation sites (tertiary alicyclic amines) is 1. The highest BCUT2D eigenvalue weighted by Gasteiger charge is 2.31. The predicted molar refractivity (Wildman–Crippen MR) is 117 cm³/mol. The fourth-order valence-corrected chi connectivity index (χ4v) is 5.43. The van der Waals surface area contributed by atoms with Gasteiger partial charge in [-0.1, -0.05) is 17.8 Å². The normalized spacial score (nSPS) is 18.7. The lowest BCUT2D eigenvalue weighted by Gasteiger charge is -2.28. The number of rotatable bonds is 3. The van der Waals surface area contributed by atoms with E-state index in [-0.39, 0.29) is 17.5 Å². The lowest BCUT2D eigenvalue weighted by molar-refractivity contribution is -0.132. The maximum Gasteiger partial charge on any atom is 0.265 e. The molecule has 0 saturated carbocycles. The first-order chi connectivity index (χ1) is 14.5. The quantitative estimate of drug-likeness (QED) is 0.605. The summed E-state index contributed by atoms with van der Waals surface area (Å²) in [7, 11) is 0. The number of fused-ring (bicyclic) bond motifs is 2. The first-order valence-electron chi connectivity index (χ1n) is 10.5. The minimum Gasteiger partial charge on any atom is -0.343 e. The molecule has 1 unspecified atom stereocenters. The SMILES string of the molecule is Cc1ccc(-n2ncc3c(=O)n4c(nc32)SCC4CC(=O)N2CCCCC2)cc1C. The molecule has 8 heteroatoms. The molecule has 2 aliphatic heterocycles. The molecular formula is C22H25N5O2S. The largest absolute Gasteiger partial charge is 0.343 e. The maximum atomic E-state index is 13.3. The van der Waals surface area contributed by atoms with E-state index in [9.17, 15) is 9.59 Å². The van der Waals surface area contributed by atoms with Gasteiger partial charge >= 0.3 is 0 Å². The van der Waals surface area contributed by atoms with E-state index in [4.69, 9.17) is 4.98 Å². The zero-order valence-electron chi connectivity index (χ0n) is 17.3. The van der Waals surface area contributed by atoms with Gasteiger partial charge in [-0.3, -0.25) is 14.2 Å². The van der Waals surface area contributed by atoms with Gasteiger partial charge in [0.2, 0.25) is 5.91 Å². The summed E-state index contributed by atoms with van der Waals surface area (Å²) in [4.78, 5) is 32.8. The Morgan fingerprint density at radius 2 is 1.97 bits per heavy atom. The van der Waals surface area contributed by atoms with Crippen LogP contribution in [0.1, 0.15) is 42.9 Å². The van der Waals surface area contributed by atoms with E-state index in [2.05, 4.69) is 31.1 Å². The number of carbonyl (C=O) groups is 1. The van der Waals surface area contributed by atoms with Crippen LogP contribution in [0, 0.1) is 13.8 Å². The molecule has 4 heterocycles. The average molecular weight is 424 g/mol. The molecule has 5 rings (SSSR count). The minimum atomic E-state index is -0.145. The molecule has 1 saturated heterocycles. The third-order valence-corrected chi connectivity index (χ3v) is 7.32. The Hall–Kier alpha value is -2.61. The molecule has 0 spiro atoms. The molecular weight excluding hydrogens is 398 g/mol. The van der Waals surface area contributed by atoms with Crippen molar-refractivity contribution in [3.05, 3.63) is 45.9 Å². The van der Waals surface area contributed by atoms with Crippen LogP contribution in [0.2, 0.25) is 0 Å². The Labute approximate surface area is 179 Å². The predicted octanol–water partition coefficient (Wildman–Crippen LogP) is 3.25. The van der Waals surface area contributed by atoms with E-state index in [1.807, 2.05) is 11.0 Å². The van der Waals surface area contributed by atoms with Crippen LogP contribution in [-0.2, 0) is 4.79 Å². The molecule has 3 aromatic rings. The number of thioether (sulfide) groups is 1. The summed E-state index contributed by atoms with van der Waals surface area (Å²) in [6, 6.07) is 5.96. The van der Waals surface area contributed by atoms with Crippen molar-refractivity contribution >= 4 is 28.7 Å². The van der Waals surface area contributed by atoms with E-state index in [1.165, 1.54) is 17.5 Å². The summed E-state index contributed by atoms with van der Waals surface area (Å²) in [6.07, 6.45) is 5.29. The zero-order valence-corrected chi connectivity index (χ0v) is 18.1. The van der Waals surface area contributed by atoms with Crippen LogP contribution in [0.25, 0.3) is 16.7 Å². The Morgan fingerprint density at radius 1 is 1.17 bits per heavy atom. The van der Waals surface area contributed by atoms with E-state index in [0.29, 0.717) is 28.4 Å². The second-order valence-corrected chi connectivity index (χ2v) is 9.23. The number of nitrogens with zero attached hydrogens (tertiary/aromatic N) is 5. The third-order valence-electron chi connectivity index (χ3n) is 6.22. The van der Waals surface area contributed by atoms with Crippen LogP contribution in [0.3, 0.4) is 0 Å². The minimum absolute atomic E-state index is 0.105. The Kier molecular flexibility index (Phi) is 4.89. The molecule has 2 aromatic heterocycles. The van der Waals surface area contributed by atoms with Gasteiger partial charge in [0.15, 0.2) is 10.8 Å². The molecule has 0 radical (unpaired) electrons. The van der Waals surface area contributed by atoms with E-state index >= 15 is 0 Å². The van der Waals surface area contributed by atoms with E-state index < -0.39 is 0 Å². The number of aromatic nitrogens is 4. The van der Waals surface area contributed by atoms with Gasteiger partial charge in [-0.05, 0) is 56.4 Å². The van der Waals surface area contributed by atoms with Crippen molar-refractivity contribution in [3.63, 3.8) is 0 Å². The van der Waals surface area contributed by atoms with Gasteiger partial charge in [0, 0.05) is 25.3 Å². The Morgan fingerprint density at radius 3 is 2.73 bits per heavy atom. The molecule has 0 N–H and O–H groups in total. The Bertz CT molecular complexity index is 1190. The molecule has 0 bridgehead atoms. The molecule has 1 amide bonds. The molecule has 30 heavy (non-hydrogen) atoms. The van der Waals surface area contributed by atoms with Crippen LogP contribution in [-0.4, -0.2) is 49.0 Å². The van der Waals surface area contributed by atoms with Gasteiger partial charge in [-0.2, -0.15) is 5.10 Å². The van der Waals surface area contributed by atoms with Crippen LogP contribution < -0.4 is 5.56 Å². The lowest BCUT2D eigenvalue weighted by Crippen LogP contribution is -2.37. The summed E-state index contributed by atoms with van der Waals surface area (Å²) in [5.41, 5.74) is 3.74. The standard InChI is InChI=1S/C22H25N5O2S/c1-14-6-7-16(10-15(14)2)27-20-18(12-23-27)21(29)26-17(13-30-22(26)24-20)11-19(28)25-8-4-3-5-9-25/h6-7,10,12,17H,3-5,8-9,11,13H2,1-2H3. The molecule has 2 aliphatic rings. The van der Waals surface area contributed by atoms with Crippen LogP contribution >= 0.6 is 11.8 Å². The van der Waals surface area contributed by atoms with Crippen LogP contribution in [0.5, 0.6) is 0 Å². The van der Waals surface area contributed by atoms with Crippen molar-refractivity contribution in [2.45, 2.75) is 50.7 Å². The van der Waals surface area contributed by atoms with Crippen molar-refractivity contribution in [3.8, 4) is 5.69 Å². The highest BCUT2D eigenvalue weighted by molar-refractivity contribution is 7.99. The number of aryl methyl sites for hydroxylation is 2. The van der Waals surface area contributed by atoms with Crippen molar-refractivity contribution in [1.29, 1.82) is 0 Å². The fraction of sp³-hybridized carbons (Fsp3) is 0.455. The summed E-state index contributed by atoms with van der Waals surface area (Å²) in [5, 5.41) is 5.62. The fourth-order valence-electron chi connectivity index (χ4n) is 4.30. The van der Waals surface area contributed by atoms with Crippen molar-refractivity contribution in [2.24, 2.45) is 0 Å². The van der Waals surface area contributed by atoms with E-state index in [0.717, 1.165) is 31.6 Å². The van der Waals surface area contributed by atoms with Crippen LogP contribution in [0.4, 0.5) is 0 Å². The lowest BCUT2D eigenvalue weighted by atomic mass is 10.1. The summed E-state index contributed by atoms with van der Waals surface area (Å²) in [5.74, 6) is 0.844. The summed E-state index contributed by atoms with van der Waals surface area (Å²) in [6.45, 7) is 5.80. The second kappa shape index (κ2) is 7.58. The first-order valence-corrected chi connectivity index (χ1v) is 11.5. The number of carbonyl (C=O) groups excluding carboxylic acids is 1. The monoisotopic (exact) mass is 423 g/mol. The van der Waals surface area contributed by atoms with Gasteiger partial charge in [0.25, 0.3) is 5.56 Å².